The number of likely N-dealkylation sites (N-methyl/N-ethyl adjacent to an activating group) is 1. The first kappa shape index (κ1) is 17.2. The van der Waals surface area contributed by atoms with Crippen LogP contribution in [0.4, 0.5) is 0 Å². The molecule has 1 aromatic carbocycles. The molecule has 1 rings (SSSR count). The second kappa shape index (κ2) is 9.99. The Bertz CT molecular complexity index is 333. The van der Waals surface area contributed by atoms with Crippen molar-refractivity contribution < 1.29 is 0 Å². The molecular weight excluding hydrogens is 242 g/mol. The van der Waals surface area contributed by atoms with Crippen molar-refractivity contribution in [3.05, 3.63) is 35.9 Å². The van der Waals surface area contributed by atoms with Gasteiger partial charge in [0.1, 0.15) is 0 Å². The summed E-state index contributed by atoms with van der Waals surface area (Å²) in [5.74, 6) is 1.36. The molecule has 3 unspecified atom stereocenters. The fraction of sp³-hybridized carbons (Fsp3) is 0.684. The Hall–Kier alpha value is -0.820. The Morgan fingerprint density at radius 1 is 1.00 bits per heavy atom. The van der Waals surface area contributed by atoms with Crippen LogP contribution in [-0.2, 0) is 0 Å². The topological polar surface area (TPSA) is 12.0 Å². The minimum atomic E-state index is 0.615. The molecule has 3 atom stereocenters. The molecule has 1 nitrogen and oxygen atoms in total. The van der Waals surface area contributed by atoms with Gasteiger partial charge in [-0.05, 0) is 24.4 Å². The van der Waals surface area contributed by atoms with Crippen molar-refractivity contribution in [1.82, 2.24) is 5.32 Å². The first-order valence-corrected chi connectivity index (χ1v) is 8.52. The lowest BCUT2D eigenvalue weighted by atomic mass is 9.78. The van der Waals surface area contributed by atoms with Crippen molar-refractivity contribution in [2.75, 3.05) is 6.54 Å². The number of rotatable bonds is 10. The van der Waals surface area contributed by atoms with Crippen LogP contribution >= 0.6 is 0 Å². The van der Waals surface area contributed by atoms with Gasteiger partial charge in [-0.2, -0.15) is 0 Å². The van der Waals surface area contributed by atoms with Crippen LogP contribution in [0, 0.1) is 5.92 Å². The summed E-state index contributed by atoms with van der Waals surface area (Å²) in [5.41, 5.74) is 1.50. The van der Waals surface area contributed by atoms with E-state index in [0.29, 0.717) is 12.0 Å². The van der Waals surface area contributed by atoms with Gasteiger partial charge in [0.05, 0.1) is 0 Å². The minimum Gasteiger partial charge on any atom is -0.314 e. The van der Waals surface area contributed by atoms with Gasteiger partial charge in [0.15, 0.2) is 0 Å². The summed E-state index contributed by atoms with van der Waals surface area (Å²) < 4.78 is 0. The number of hydrogen-bond acceptors (Lipinski definition) is 1. The molecule has 0 radical (unpaired) electrons. The number of unbranched alkanes of at least 4 members (excludes halogenated alkanes) is 2. The van der Waals surface area contributed by atoms with E-state index in [2.05, 4.69) is 63.3 Å². The van der Waals surface area contributed by atoms with E-state index in [1.807, 2.05) is 0 Å². The summed E-state index contributed by atoms with van der Waals surface area (Å²) in [5, 5.41) is 3.76. The number of benzene rings is 1. The highest BCUT2D eigenvalue weighted by atomic mass is 14.9. The molecule has 114 valence electrons. The SMILES string of the molecule is CCCCCC(NCC)C(c1ccccc1)C(C)CC. The van der Waals surface area contributed by atoms with Crippen LogP contribution in [0.3, 0.4) is 0 Å². The average molecular weight is 275 g/mol. The predicted octanol–water partition coefficient (Wildman–Crippen LogP) is 5.37. The van der Waals surface area contributed by atoms with E-state index in [1.165, 1.54) is 37.7 Å². The van der Waals surface area contributed by atoms with Crippen LogP contribution in [0.2, 0.25) is 0 Å². The van der Waals surface area contributed by atoms with Crippen molar-refractivity contribution >= 4 is 0 Å². The van der Waals surface area contributed by atoms with Gasteiger partial charge in [0.2, 0.25) is 0 Å². The quantitative estimate of drug-likeness (QED) is 0.566. The maximum absolute atomic E-state index is 3.76. The molecule has 1 N–H and O–H groups in total. The van der Waals surface area contributed by atoms with Crippen LogP contribution in [0.25, 0.3) is 0 Å². The molecule has 0 heterocycles. The van der Waals surface area contributed by atoms with Crippen molar-refractivity contribution in [2.45, 2.75) is 71.8 Å². The third-order valence-corrected chi connectivity index (χ3v) is 4.46. The second-order valence-corrected chi connectivity index (χ2v) is 5.98. The molecule has 20 heavy (non-hydrogen) atoms. The monoisotopic (exact) mass is 275 g/mol. The van der Waals surface area contributed by atoms with Crippen molar-refractivity contribution in [3.63, 3.8) is 0 Å². The van der Waals surface area contributed by atoms with Gasteiger partial charge < -0.3 is 5.32 Å². The van der Waals surface area contributed by atoms with E-state index in [9.17, 15) is 0 Å². The van der Waals surface area contributed by atoms with E-state index < -0.39 is 0 Å². The fourth-order valence-electron chi connectivity index (χ4n) is 3.17. The van der Waals surface area contributed by atoms with Crippen LogP contribution in [-0.4, -0.2) is 12.6 Å². The molecule has 0 saturated carbocycles. The third-order valence-electron chi connectivity index (χ3n) is 4.46. The lowest BCUT2D eigenvalue weighted by Gasteiger charge is -2.33. The first-order valence-electron chi connectivity index (χ1n) is 8.52. The van der Waals surface area contributed by atoms with Crippen LogP contribution in [0.5, 0.6) is 0 Å². The zero-order chi connectivity index (χ0) is 14.8. The van der Waals surface area contributed by atoms with Crippen LogP contribution in [0.1, 0.15) is 71.3 Å². The van der Waals surface area contributed by atoms with E-state index >= 15 is 0 Å². The molecular formula is C19H33N. The average Bonchev–Trinajstić information content (AvgIpc) is 2.48. The van der Waals surface area contributed by atoms with E-state index in [4.69, 9.17) is 0 Å². The normalized spacial score (nSPS) is 15.8. The van der Waals surface area contributed by atoms with Gasteiger partial charge in [-0.15, -0.1) is 0 Å². The summed E-state index contributed by atoms with van der Waals surface area (Å²) >= 11 is 0. The number of hydrogen-bond donors (Lipinski definition) is 1. The first-order chi connectivity index (χ1) is 9.74. The molecule has 0 spiro atoms. The highest BCUT2D eigenvalue weighted by molar-refractivity contribution is 5.22. The van der Waals surface area contributed by atoms with Gasteiger partial charge in [0.25, 0.3) is 0 Å². The van der Waals surface area contributed by atoms with Gasteiger partial charge in [-0.3, -0.25) is 0 Å². The summed E-state index contributed by atoms with van der Waals surface area (Å²) in [6.07, 6.45) is 6.54. The van der Waals surface area contributed by atoms with Crippen molar-refractivity contribution in [1.29, 1.82) is 0 Å². The Kier molecular flexibility index (Phi) is 8.60. The standard InChI is InChI=1S/C19H33N/c1-5-8-10-15-18(20-7-3)19(16(4)6-2)17-13-11-9-12-14-17/h9,11-14,16,18-20H,5-8,10,15H2,1-4H3. The Balaban J connectivity index is 2.87. The summed E-state index contributed by atoms with van der Waals surface area (Å²) in [6.45, 7) is 10.3. The highest BCUT2D eigenvalue weighted by Gasteiger charge is 2.26. The molecule has 1 heteroatoms. The predicted molar refractivity (Wildman–Crippen MR) is 90.2 cm³/mol. The molecule has 0 amide bonds. The largest absolute Gasteiger partial charge is 0.314 e. The smallest absolute Gasteiger partial charge is 0.0138 e. The zero-order valence-corrected chi connectivity index (χ0v) is 13.9. The molecule has 0 aliphatic heterocycles. The number of nitrogens with one attached hydrogen (secondary N) is 1. The summed E-state index contributed by atoms with van der Waals surface area (Å²) in [6, 6.07) is 11.7. The maximum atomic E-state index is 3.76. The molecule has 0 aliphatic rings. The molecule has 0 aromatic heterocycles. The highest BCUT2D eigenvalue weighted by Crippen LogP contribution is 2.32. The van der Waals surface area contributed by atoms with Gasteiger partial charge in [0, 0.05) is 12.0 Å². The van der Waals surface area contributed by atoms with Crippen LogP contribution in [0.15, 0.2) is 30.3 Å². The molecule has 0 fully saturated rings. The molecule has 0 aliphatic carbocycles. The molecule has 0 bridgehead atoms. The van der Waals surface area contributed by atoms with Gasteiger partial charge in [-0.1, -0.05) is 83.7 Å². The Morgan fingerprint density at radius 2 is 1.70 bits per heavy atom. The van der Waals surface area contributed by atoms with E-state index in [-0.39, 0.29) is 0 Å². The minimum absolute atomic E-state index is 0.615. The Morgan fingerprint density at radius 3 is 2.25 bits per heavy atom. The third kappa shape index (κ3) is 5.28. The fourth-order valence-corrected chi connectivity index (χ4v) is 3.17. The molecule has 1 aromatic rings. The summed E-state index contributed by atoms with van der Waals surface area (Å²) in [4.78, 5) is 0. The zero-order valence-electron chi connectivity index (χ0n) is 13.9. The second-order valence-electron chi connectivity index (χ2n) is 5.98. The molecule has 0 saturated heterocycles. The van der Waals surface area contributed by atoms with Crippen molar-refractivity contribution in [3.8, 4) is 0 Å². The van der Waals surface area contributed by atoms with Gasteiger partial charge in [-0.25, -0.2) is 0 Å². The van der Waals surface area contributed by atoms with Crippen molar-refractivity contribution in [2.24, 2.45) is 5.92 Å². The lowest BCUT2D eigenvalue weighted by molar-refractivity contribution is 0.318. The van der Waals surface area contributed by atoms with Crippen LogP contribution < -0.4 is 5.32 Å². The van der Waals surface area contributed by atoms with Gasteiger partial charge >= 0.3 is 0 Å². The lowest BCUT2D eigenvalue weighted by Crippen LogP contribution is -2.37. The van der Waals surface area contributed by atoms with E-state index in [1.54, 1.807) is 0 Å². The maximum Gasteiger partial charge on any atom is 0.0138 e. The summed E-state index contributed by atoms with van der Waals surface area (Å²) in [7, 11) is 0. The van der Waals surface area contributed by atoms with E-state index in [0.717, 1.165) is 12.5 Å². The Labute approximate surface area is 126 Å².